The van der Waals surface area contributed by atoms with Crippen molar-refractivity contribution in [3.8, 4) is 27.5 Å². The summed E-state index contributed by atoms with van der Waals surface area (Å²) in [7, 11) is 2.01. The number of aryl methyl sites for hydroxylation is 1. The van der Waals surface area contributed by atoms with Crippen molar-refractivity contribution in [1.82, 2.24) is 24.6 Å². The van der Waals surface area contributed by atoms with E-state index in [1.165, 1.54) is 18.3 Å². The summed E-state index contributed by atoms with van der Waals surface area (Å²) in [6.07, 6.45) is 5.98. The van der Waals surface area contributed by atoms with E-state index in [-0.39, 0.29) is 11.8 Å². The van der Waals surface area contributed by atoms with Gasteiger partial charge in [-0.25, -0.2) is 9.67 Å². The minimum Gasteiger partial charge on any atom is -0.380 e. The van der Waals surface area contributed by atoms with Gasteiger partial charge in [-0.1, -0.05) is 22.9 Å². The van der Waals surface area contributed by atoms with Gasteiger partial charge in [-0.2, -0.15) is 5.10 Å². The highest BCUT2D eigenvalue weighted by molar-refractivity contribution is 7.19. The highest BCUT2D eigenvalue weighted by Crippen LogP contribution is 2.43. The van der Waals surface area contributed by atoms with Gasteiger partial charge in [0, 0.05) is 55.7 Å². The van der Waals surface area contributed by atoms with Crippen LogP contribution in [0.1, 0.15) is 35.0 Å². The average Bonchev–Trinajstić information content (AvgIpc) is 3.38. The van der Waals surface area contributed by atoms with Crippen LogP contribution in [0.4, 0.5) is 5.13 Å². The number of nitrogens with zero attached hydrogens (tertiary/aromatic N) is 5. The average molecular weight is 526 g/mol. The number of aromatic nitrogens is 4. The summed E-state index contributed by atoms with van der Waals surface area (Å²) >= 11 is 1.47. The second-order valence-corrected chi connectivity index (χ2v) is 10.6. The van der Waals surface area contributed by atoms with Crippen LogP contribution in [0.5, 0.6) is 0 Å². The zero-order valence-corrected chi connectivity index (χ0v) is 22.2. The lowest BCUT2D eigenvalue weighted by Gasteiger charge is -2.20. The highest BCUT2D eigenvalue weighted by atomic mass is 32.1. The molecule has 1 N–H and O–H groups in total. The van der Waals surface area contributed by atoms with Crippen LogP contribution in [-0.2, 0) is 22.4 Å². The third-order valence-corrected chi connectivity index (χ3v) is 7.93. The lowest BCUT2D eigenvalue weighted by atomic mass is 9.91. The van der Waals surface area contributed by atoms with Crippen molar-refractivity contribution in [2.24, 2.45) is 0 Å². The standard InChI is InChI=1S/C27H27BN6O3S/c1-16(35)30-27-31-21-7-6-19-23(18-4-2-9-29-15-18)32-34(24(19)25(21)38-27)22-8-5-17(14-20(22)28)26(36)33-10-3-12-37-13-11-33/h2,4-5,8-9,14-15H,3,6-7,10-13,28H2,1H3,(H,30,31,35). The van der Waals surface area contributed by atoms with Gasteiger partial charge in [0.2, 0.25) is 5.91 Å². The summed E-state index contributed by atoms with van der Waals surface area (Å²) in [5.41, 5.74) is 7.41. The van der Waals surface area contributed by atoms with E-state index in [1.54, 1.807) is 6.20 Å². The molecule has 1 aliphatic carbocycles. The summed E-state index contributed by atoms with van der Waals surface area (Å²) in [5, 5.41) is 8.52. The highest BCUT2D eigenvalue weighted by Gasteiger charge is 2.30. The lowest BCUT2D eigenvalue weighted by Crippen LogP contribution is -2.33. The topological polar surface area (TPSA) is 102 Å². The summed E-state index contributed by atoms with van der Waals surface area (Å²) in [5.74, 6) is -0.124. The molecule has 0 radical (unpaired) electrons. The second-order valence-electron chi connectivity index (χ2n) is 9.56. The zero-order chi connectivity index (χ0) is 26.2. The van der Waals surface area contributed by atoms with Gasteiger partial charge in [-0.05, 0) is 43.5 Å². The SMILES string of the molecule is Bc1cc(C(=O)N2CCCOCC2)ccc1-n1nc(-c2cccnc2)c2c1-c1sc(NC(C)=O)nc1CC2. The molecule has 2 aliphatic rings. The number of thiazole rings is 1. The predicted octanol–water partition coefficient (Wildman–Crippen LogP) is 2.24. The van der Waals surface area contributed by atoms with Crippen LogP contribution in [0.25, 0.3) is 27.5 Å². The zero-order valence-electron chi connectivity index (χ0n) is 21.4. The van der Waals surface area contributed by atoms with Crippen LogP contribution in [0.15, 0.2) is 42.7 Å². The Kier molecular flexibility index (Phi) is 6.54. The molecule has 3 aromatic heterocycles. The number of rotatable bonds is 4. The third-order valence-electron chi connectivity index (χ3n) is 6.91. The molecule has 6 rings (SSSR count). The van der Waals surface area contributed by atoms with Crippen LogP contribution in [0.3, 0.4) is 0 Å². The fourth-order valence-electron chi connectivity index (χ4n) is 5.14. The Morgan fingerprint density at radius 3 is 2.84 bits per heavy atom. The van der Waals surface area contributed by atoms with E-state index >= 15 is 0 Å². The first-order chi connectivity index (χ1) is 18.5. The smallest absolute Gasteiger partial charge is 0.253 e. The quantitative estimate of drug-likeness (QED) is 0.410. The first-order valence-electron chi connectivity index (χ1n) is 12.8. The normalized spacial score (nSPS) is 14.9. The van der Waals surface area contributed by atoms with E-state index < -0.39 is 0 Å². The molecule has 38 heavy (non-hydrogen) atoms. The fourth-order valence-corrected chi connectivity index (χ4v) is 6.26. The summed E-state index contributed by atoms with van der Waals surface area (Å²) < 4.78 is 7.48. The number of benzene rings is 1. The van der Waals surface area contributed by atoms with E-state index in [1.807, 2.05) is 54.0 Å². The van der Waals surface area contributed by atoms with Crippen LogP contribution in [0, 0.1) is 0 Å². The molecule has 0 saturated carbocycles. The molecular weight excluding hydrogens is 499 g/mol. The van der Waals surface area contributed by atoms with Gasteiger partial charge in [0.25, 0.3) is 5.91 Å². The molecule has 4 aromatic rings. The van der Waals surface area contributed by atoms with E-state index in [4.69, 9.17) is 14.8 Å². The molecule has 2 amide bonds. The molecule has 4 heterocycles. The second kappa shape index (κ2) is 10.1. The molecule has 11 heteroatoms. The van der Waals surface area contributed by atoms with Crippen molar-refractivity contribution >= 4 is 41.6 Å². The number of fused-ring (bicyclic) bond motifs is 3. The number of amides is 2. The van der Waals surface area contributed by atoms with Crippen molar-refractivity contribution in [2.45, 2.75) is 26.2 Å². The van der Waals surface area contributed by atoms with E-state index in [2.05, 4.69) is 10.3 Å². The lowest BCUT2D eigenvalue weighted by molar-refractivity contribution is -0.114. The number of nitrogens with one attached hydrogen (secondary N) is 1. The molecule has 0 atom stereocenters. The van der Waals surface area contributed by atoms with Gasteiger partial charge in [0.15, 0.2) is 5.13 Å². The van der Waals surface area contributed by atoms with Crippen LogP contribution >= 0.6 is 11.3 Å². The van der Waals surface area contributed by atoms with E-state index in [0.717, 1.165) is 63.5 Å². The van der Waals surface area contributed by atoms with Gasteiger partial charge in [0.05, 0.1) is 34.3 Å². The summed E-state index contributed by atoms with van der Waals surface area (Å²) in [4.78, 5) is 36.8. The molecular formula is C27H27BN6O3S. The summed E-state index contributed by atoms with van der Waals surface area (Å²) in [6, 6.07) is 9.73. The Balaban J connectivity index is 1.45. The molecule has 0 spiro atoms. The summed E-state index contributed by atoms with van der Waals surface area (Å²) in [6.45, 7) is 4.05. The molecule has 1 fully saturated rings. The Hall–Kier alpha value is -3.83. The van der Waals surface area contributed by atoms with E-state index in [9.17, 15) is 9.59 Å². The Morgan fingerprint density at radius 2 is 2.05 bits per heavy atom. The third kappa shape index (κ3) is 4.52. The van der Waals surface area contributed by atoms with Gasteiger partial charge in [0.1, 0.15) is 7.85 Å². The van der Waals surface area contributed by atoms with E-state index in [0.29, 0.717) is 37.0 Å². The number of anilines is 1. The first kappa shape index (κ1) is 24.5. The number of pyridine rings is 1. The maximum Gasteiger partial charge on any atom is 0.253 e. The van der Waals surface area contributed by atoms with Crippen LogP contribution < -0.4 is 10.8 Å². The molecule has 1 saturated heterocycles. The maximum atomic E-state index is 13.2. The molecule has 192 valence electrons. The monoisotopic (exact) mass is 526 g/mol. The Morgan fingerprint density at radius 1 is 1.16 bits per heavy atom. The molecule has 0 bridgehead atoms. The van der Waals surface area contributed by atoms with Gasteiger partial charge in [-0.3, -0.25) is 14.6 Å². The number of carbonyl (C=O) groups excluding carboxylic acids is 2. The van der Waals surface area contributed by atoms with Crippen LogP contribution in [-0.4, -0.2) is 70.6 Å². The predicted molar refractivity (Wildman–Crippen MR) is 149 cm³/mol. The van der Waals surface area contributed by atoms with Gasteiger partial charge < -0.3 is 15.0 Å². The number of hydrogen-bond donors (Lipinski definition) is 1. The molecule has 1 aromatic carbocycles. The Labute approximate surface area is 225 Å². The van der Waals surface area contributed by atoms with Crippen molar-refractivity contribution in [1.29, 1.82) is 0 Å². The van der Waals surface area contributed by atoms with Crippen molar-refractivity contribution in [3.05, 3.63) is 59.5 Å². The van der Waals surface area contributed by atoms with Crippen molar-refractivity contribution in [2.75, 3.05) is 31.6 Å². The number of carbonyl (C=O) groups is 2. The first-order valence-corrected chi connectivity index (χ1v) is 13.6. The number of ether oxygens (including phenoxy) is 1. The fraction of sp³-hybridized carbons (Fsp3) is 0.296. The number of hydrogen-bond acceptors (Lipinski definition) is 7. The molecule has 1 aliphatic heterocycles. The molecule has 9 nitrogen and oxygen atoms in total. The minimum atomic E-state index is -0.145. The van der Waals surface area contributed by atoms with Crippen molar-refractivity contribution < 1.29 is 14.3 Å². The Bertz CT molecular complexity index is 1530. The van der Waals surface area contributed by atoms with Gasteiger partial charge in [-0.15, -0.1) is 0 Å². The molecule has 0 unspecified atom stereocenters. The van der Waals surface area contributed by atoms with Crippen LogP contribution in [0.2, 0.25) is 0 Å². The van der Waals surface area contributed by atoms with Gasteiger partial charge >= 0.3 is 0 Å². The maximum absolute atomic E-state index is 13.2. The largest absolute Gasteiger partial charge is 0.380 e. The van der Waals surface area contributed by atoms with Crippen molar-refractivity contribution in [3.63, 3.8) is 0 Å². The minimum absolute atomic E-state index is 0.0217.